The van der Waals surface area contributed by atoms with Crippen LogP contribution in [0.5, 0.6) is 0 Å². The first-order chi connectivity index (χ1) is 7.74. The second-order valence-electron chi connectivity index (χ2n) is 3.39. The Hall–Kier alpha value is -2.35. The highest BCUT2D eigenvalue weighted by molar-refractivity contribution is 5.47. The lowest BCUT2D eigenvalue weighted by Gasteiger charge is -1.99. The van der Waals surface area contributed by atoms with E-state index in [0.29, 0.717) is 11.5 Å². The minimum atomic E-state index is 0.295. The predicted octanol–water partition coefficient (Wildman–Crippen LogP) is 1.49. The molecule has 0 spiro atoms. The lowest BCUT2D eigenvalue weighted by Crippen LogP contribution is -1.99. The van der Waals surface area contributed by atoms with Crippen LogP contribution in [0.3, 0.4) is 0 Å². The molecular formula is C11H11N5. The van der Waals surface area contributed by atoms with E-state index in [1.165, 1.54) is 4.80 Å². The first-order valence-electron chi connectivity index (χ1n) is 4.87. The Morgan fingerprint density at radius 3 is 2.75 bits per heavy atom. The standard InChI is InChI=1S/C11H11N5/c1-8-4-3-5-9(6-8)16-14-10(7-12)11(13-2)15-16/h3-6H,1-2H3,(H,13,15). The maximum atomic E-state index is 8.86. The van der Waals surface area contributed by atoms with Gasteiger partial charge in [-0.2, -0.15) is 5.26 Å². The van der Waals surface area contributed by atoms with Gasteiger partial charge >= 0.3 is 0 Å². The largest absolute Gasteiger partial charge is 0.369 e. The van der Waals surface area contributed by atoms with Gasteiger partial charge in [0.15, 0.2) is 5.82 Å². The van der Waals surface area contributed by atoms with Crippen LogP contribution < -0.4 is 5.32 Å². The molecule has 0 saturated heterocycles. The van der Waals surface area contributed by atoms with E-state index in [0.717, 1.165) is 11.3 Å². The number of benzene rings is 1. The Bertz CT molecular complexity index is 550. The fourth-order valence-electron chi connectivity index (χ4n) is 1.42. The summed E-state index contributed by atoms with van der Waals surface area (Å²) in [7, 11) is 1.71. The summed E-state index contributed by atoms with van der Waals surface area (Å²) >= 11 is 0. The summed E-state index contributed by atoms with van der Waals surface area (Å²) in [5.41, 5.74) is 2.27. The lowest BCUT2D eigenvalue weighted by atomic mass is 10.2. The van der Waals surface area contributed by atoms with Gasteiger partial charge < -0.3 is 5.32 Å². The van der Waals surface area contributed by atoms with Crippen LogP contribution in [0.25, 0.3) is 5.69 Å². The van der Waals surface area contributed by atoms with Gasteiger partial charge in [0.2, 0.25) is 5.69 Å². The molecule has 1 heterocycles. The lowest BCUT2D eigenvalue weighted by molar-refractivity contribution is 0.750. The molecule has 80 valence electrons. The van der Waals surface area contributed by atoms with Gasteiger partial charge in [-0.25, -0.2) is 0 Å². The van der Waals surface area contributed by atoms with Crippen LogP contribution in [-0.4, -0.2) is 22.0 Å². The molecular weight excluding hydrogens is 202 g/mol. The second-order valence-corrected chi connectivity index (χ2v) is 3.39. The monoisotopic (exact) mass is 213 g/mol. The quantitative estimate of drug-likeness (QED) is 0.820. The first kappa shape index (κ1) is 10.2. The van der Waals surface area contributed by atoms with Crippen LogP contribution in [-0.2, 0) is 0 Å². The van der Waals surface area contributed by atoms with Gasteiger partial charge in [-0.3, -0.25) is 0 Å². The molecule has 0 aliphatic heterocycles. The molecule has 2 rings (SSSR count). The van der Waals surface area contributed by atoms with Crippen molar-refractivity contribution in [3.05, 3.63) is 35.5 Å². The van der Waals surface area contributed by atoms with Gasteiger partial charge in [-0.15, -0.1) is 15.0 Å². The second kappa shape index (κ2) is 4.03. The van der Waals surface area contributed by atoms with E-state index in [2.05, 4.69) is 15.5 Å². The van der Waals surface area contributed by atoms with Crippen molar-refractivity contribution in [2.24, 2.45) is 0 Å². The van der Waals surface area contributed by atoms with Crippen LogP contribution in [0.1, 0.15) is 11.3 Å². The Balaban J connectivity index is 2.49. The molecule has 0 aliphatic carbocycles. The molecule has 2 aromatic rings. The van der Waals surface area contributed by atoms with E-state index in [1.54, 1.807) is 7.05 Å². The van der Waals surface area contributed by atoms with Gasteiger partial charge in [0.1, 0.15) is 6.07 Å². The topological polar surface area (TPSA) is 66.5 Å². The van der Waals surface area contributed by atoms with E-state index in [4.69, 9.17) is 5.26 Å². The maximum absolute atomic E-state index is 8.86. The number of hydrogen-bond acceptors (Lipinski definition) is 4. The van der Waals surface area contributed by atoms with Crippen molar-refractivity contribution in [3.8, 4) is 11.8 Å². The minimum Gasteiger partial charge on any atom is -0.369 e. The average Bonchev–Trinajstić information content (AvgIpc) is 2.72. The van der Waals surface area contributed by atoms with Crippen molar-refractivity contribution < 1.29 is 0 Å². The summed E-state index contributed by atoms with van der Waals surface area (Å²) in [6, 6.07) is 9.78. The molecule has 0 unspecified atom stereocenters. The summed E-state index contributed by atoms with van der Waals surface area (Å²) in [6.45, 7) is 2.00. The van der Waals surface area contributed by atoms with E-state index in [-0.39, 0.29) is 0 Å². The number of nitrogens with zero attached hydrogens (tertiary/aromatic N) is 4. The van der Waals surface area contributed by atoms with Crippen LogP contribution in [0.15, 0.2) is 24.3 Å². The number of nitriles is 1. The zero-order chi connectivity index (χ0) is 11.5. The fraction of sp³-hybridized carbons (Fsp3) is 0.182. The molecule has 0 atom stereocenters. The SMILES string of the molecule is CNc1nn(-c2cccc(C)c2)nc1C#N. The summed E-state index contributed by atoms with van der Waals surface area (Å²) in [6.07, 6.45) is 0. The van der Waals surface area contributed by atoms with E-state index < -0.39 is 0 Å². The normalized spacial score (nSPS) is 9.81. The number of rotatable bonds is 2. The third-order valence-corrected chi connectivity index (χ3v) is 2.19. The fourth-order valence-corrected chi connectivity index (χ4v) is 1.42. The Morgan fingerprint density at radius 2 is 2.19 bits per heavy atom. The van der Waals surface area contributed by atoms with E-state index >= 15 is 0 Å². The molecule has 5 nitrogen and oxygen atoms in total. The van der Waals surface area contributed by atoms with Crippen molar-refractivity contribution in [1.82, 2.24) is 15.0 Å². The van der Waals surface area contributed by atoms with Crippen molar-refractivity contribution in [1.29, 1.82) is 5.26 Å². The third-order valence-electron chi connectivity index (χ3n) is 2.19. The van der Waals surface area contributed by atoms with Crippen molar-refractivity contribution in [2.45, 2.75) is 6.92 Å². The van der Waals surface area contributed by atoms with Crippen LogP contribution >= 0.6 is 0 Å². The Kier molecular flexibility index (Phi) is 2.56. The molecule has 1 N–H and O–H groups in total. The number of nitrogens with one attached hydrogen (secondary N) is 1. The van der Waals surface area contributed by atoms with Gasteiger partial charge in [0.25, 0.3) is 0 Å². The summed E-state index contributed by atoms with van der Waals surface area (Å²) < 4.78 is 0. The summed E-state index contributed by atoms with van der Waals surface area (Å²) in [5, 5.41) is 20.0. The molecule has 0 amide bonds. The van der Waals surface area contributed by atoms with E-state index in [1.807, 2.05) is 37.3 Å². The van der Waals surface area contributed by atoms with Gasteiger partial charge in [-0.05, 0) is 24.6 Å². The summed E-state index contributed by atoms with van der Waals surface area (Å²) in [4.78, 5) is 1.46. The highest BCUT2D eigenvalue weighted by Crippen LogP contribution is 2.12. The highest BCUT2D eigenvalue weighted by Gasteiger charge is 2.09. The number of aryl methyl sites for hydroxylation is 1. The third kappa shape index (κ3) is 1.73. The molecule has 1 aromatic carbocycles. The first-order valence-corrected chi connectivity index (χ1v) is 4.87. The molecule has 0 saturated carbocycles. The van der Waals surface area contributed by atoms with Gasteiger partial charge in [0, 0.05) is 7.05 Å². The number of aromatic nitrogens is 3. The zero-order valence-electron chi connectivity index (χ0n) is 9.10. The molecule has 1 aromatic heterocycles. The van der Waals surface area contributed by atoms with Crippen LogP contribution in [0, 0.1) is 18.3 Å². The molecule has 0 radical (unpaired) electrons. The van der Waals surface area contributed by atoms with Crippen LogP contribution in [0.2, 0.25) is 0 Å². The summed E-state index contributed by atoms with van der Waals surface area (Å²) in [5.74, 6) is 0.490. The molecule has 0 fully saturated rings. The predicted molar refractivity (Wildman–Crippen MR) is 60.4 cm³/mol. The molecule has 0 aliphatic rings. The zero-order valence-corrected chi connectivity index (χ0v) is 9.10. The van der Waals surface area contributed by atoms with Crippen LogP contribution in [0.4, 0.5) is 5.82 Å². The molecule has 5 heteroatoms. The van der Waals surface area contributed by atoms with Crippen molar-refractivity contribution in [3.63, 3.8) is 0 Å². The van der Waals surface area contributed by atoms with Gasteiger partial charge in [-0.1, -0.05) is 12.1 Å². The van der Waals surface area contributed by atoms with Crippen molar-refractivity contribution >= 4 is 5.82 Å². The van der Waals surface area contributed by atoms with Crippen molar-refractivity contribution in [2.75, 3.05) is 12.4 Å². The number of anilines is 1. The minimum absolute atomic E-state index is 0.295. The Labute approximate surface area is 93.3 Å². The smallest absolute Gasteiger partial charge is 0.207 e. The van der Waals surface area contributed by atoms with Gasteiger partial charge in [0.05, 0.1) is 5.69 Å². The molecule has 0 bridgehead atoms. The molecule has 16 heavy (non-hydrogen) atoms. The Morgan fingerprint density at radius 1 is 1.38 bits per heavy atom. The van der Waals surface area contributed by atoms with E-state index in [9.17, 15) is 0 Å². The maximum Gasteiger partial charge on any atom is 0.207 e. The average molecular weight is 213 g/mol. The highest BCUT2D eigenvalue weighted by atomic mass is 15.5. The number of hydrogen-bond donors (Lipinski definition) is 1.